The molecule has 2 N–H and O–H groups in total. The van der Waals surface area contributed by atoms with E-state index >= 15 is 0 Å². The largest absolute Gasteiger partial charge is 0.454 e. The minimum Gasteiger partial charge on any atom is -0.454 e. The average Bonchev–Trinajstić information content (AvgIpc) is 3.40. The summed E-state index contributed by atoms with van der Waals surface area (Å²) in [5.74, 6) is 0.964. The highest BCUT2D eigenvalue weighted by molar-refractivity contribution is 8.01. The number of hydrogen-bond donors (Lipinski definition) is 1. The molecule has 0 saturated carbocycles. The number of nitrogens with zero attached hydrogens (tertiary/aromatic N) is 4. The minimum absolute atomic E-state index is 0.0143. The molecule has 0 amide bonds. The first-order valence-electron chi connectivity index (χ1n) is 11.0. The van der Waals surface area contributed by atoms with Crippen molar-refractivity contribution in [1.29, 1.82) is 5.26 Å². The van der Waals surface area contributed by atoms with Crippen LogP contribution in [0.25, 0.3) is 0 Å². The summed E-state index contributed by atoms with van der Waals surface area (Å²) >= 11 is 3.03. The number of allylic oxidation sites excluding steroid dienone is 3. The van der Waals surface area contributed by atoms with Gasteiger partial charge in [0.05, 0.1) is 17.6 Å². The van der Waals surface area contributed by atoms with Gasteiger partial charge in [-0.2, -0.15) is 5.26 Å². The average molecular weight is 496 g/mol. The van der Waals surface area contributed by atoms with E-state index in [1.165, 1.54) is 11.3 Å². The Hall–Kier alpha value is -3.03. The van der Waals surface area contributed by atoms with Gasteiger partial charge in [-0.3, -0.25) is 9.69 Å². The molecular weight excluding hydrogens is 470 g/mol. The molecule has 5 rings (SSSR count). The molecule has 0 fully saturated rings. The van der Waals surface area contributed by atoms with E-state index in [-0.39, 0.29) is 23.8 Å². The van der Waals surface area contributed by atoms with Crippen LogP contribution in [-0.2, 0) is 4.79 Å². The number of carbonyl (C=O) groups excluding carboxylic acids is 1. The number of thioether (sulfide) groups is 1. The van der Waals surface area contributed by atoms with Gasteiger partial charge in [0, 0.05) is 22.9 Å². The molecule has 8 nitrogen and oxygen atoms in total. The van der Waals surface area contributed by atoms with Crippen molar-refractivity contribution in [2.45, 2.75) is 56.0 Å². The van der Waals surface area contributed by atoms with E-state index < -0.39 is 5.92 Å². The van der Waals surface area contributed by atoms with Crippen LogP contribution in [0.15, 0.2) is 45.2 Å². The number of ether oxygens (including phenoxy) is 2. The van der Waals surface area contributed by atoms with Crippen molar-refractivity contribution in [2.75, 3.05) is 11.7 Å². The van der Waals surface area contributed by atoms with Crippen LogP contribution in [0.2, 0.25) is 0 Å². The Morgan fingerprint density at radius 1 is 1.26 bits per heavy atom. The molecule has 2 aliphatic heterocycles. The van der Waals surface area contributed by atoms with E-state index in [1.54, 1.807) is 16.7 Å². The number of nitriles is 1. The maximum atomic E-state index is 13.6. The molecule has 3 aliphatic rings. The number of fused-ring (bicyclic) bond motifs is 1. The monoisotopic (exact) mass is 495 g/mol. The summed E-state index contributed by atoms with van der Waals surface area (Å²) in [6, 6.07) is 7.82. The zero-order valence-electron chi connectivity index (χ0n) is 19.4. The van der Waals surface area contributed by atoms with Gasteiger partial charge in [0.1, 0.15) is 5.82 Å². The highest BCUT2D eigenvalue weighted by Crippen LogP contribution is 2.51. The van der Waals surface area contributed by atoms with Gasteiger partial charge in [-0.15, -0.1) is 10.2 Å². The zero-order chi connectivity index (χ0) is 24.2. The smallest absolute Gasteiger partial charge is 0.231 e. The molecule has 0 saturated heterocycles. The lowest BCUT2D eigenvalue weighted by Gasteiger charge is -2.42. The molecule has 0 spiro atoms. The molecular formula is C24H25N5O3S2. The molecule has 34 heavy (non-hydrogen) atoms. The number of benzene rings is 1. The van der Waals surface area contributed by atoms with Crippen molar-refractivity contribution in [1.82, 2.24) is 10.2 Å². The molecule has 3 heterocycles. The Morgan fingerprint density at radius 3 is 2.76 bits per heavy atom. The van der Waals surface area contributed by atoms with Crippen LogP contribution < -0.4 is 20.1 Å². The molecule has 10 heteroatoms. The first-order chi connectivity index (χ1) is 16.2. The Kier molecular flexibility index (Phi) is 5.57. The standard InChI is InChI=1S/C24H25N5O3S2/c1-12(2)33-23-28-27-22(34-23)29-15-8-24(3,4)9-16(30)20(15)19(14(10-25)21(29)26)13-5-6-17-18(7-13)32-11-31-17/h5-7,12,19H,8-9,11,26H2,1-4H3/t19-/m0/s1. The third kappa shape index (κ3) is 3.83. The highest BCUT2D eigenvalue weighted by atomic mass is 32.2. The fraction of sp³-hybridized carbons (Fsp3) is 0.417. The van der Waals surface area contributed by atoms with Crippen LogP contribution in [0.4, 0.5) is 5.13 Å². The second-order valence-electron chi connectivity index (χ2n) is 9.61. The maximum Gasteiger partial charge on any atom is 0.231 e. The van der Waals surface area contributed by atoms with Crippen molar-refractivity contribution in [3.8, 4) is 17.6 Å². The molecule has 0 bridgehead atoms. The lowest BCUT2D eigenvalue weighted by molar-refractivity contribution is -0.118. The zero-order valence-corrected chi connectivity index (χ0v) is 21.0. The summed E-state index contributed by atoms with van der Waals surface area (Å²) in [5.41, 5.74) is 8.90. The van der Waals surface area contributed by atoms with E-state index in [9.17, 15) is 10.1 Å². The number of rotatable bonds is 4. The lowest BCUT2D eigenvalue weighted by atomic mass is 9.68. The number of anilines is 1. The molecule has 176 valence electrons. The second kappa shape index (κ2) is 8.32. The number of Topliss-reactive ketones (excluding diaryl/α,β-unsaturated/α-hetero) is 1. The van der Waals surface area contributed by atoms with Crippen molar-refractivity contribution in [3.05, 3.63) is 46.4 Å². The number of ketones is 1. The number of nitrogens with two attached hydrogens (primary N) is 1. The van der Waals surface area contributed by atoms with Crippen LogP contribution >= 0.6 is 23.1 Å². The predicted octanol–water partition coefficient (Wildman–Crippen LogP) is 4.71. The topological polar surface area (TPSA) is 114 Å². The Labute approximate surface area is 206 Å². The molecule has 0 radical (unpaired) electrons. The van der Waals surface area contributed by atoms with Crippen molar-refractivity contribution in [3.63, 3.8) is 0 Å². The van der Waals surface area contributed by atoms with Gasteiger partial charge in [-0.05, 0) is 29.5 Å². The molecule has 1 aliphatic carbocycles. The highest BCUT2D eigenvalue weighted by Gasteiger charge is 2.45. The fourth-order valence-electron chi connectivity index (χ4n) is 4.70. The number of aromatic nitrogens is 2. The van der Waals surface area contributed by atoms with Gasteiger partial charge in [0.25, 0.3) is 0 Å². The van der Waals surface area contributed by atoms with Crippen molar-refractivity contribution in [2.24, 2.45) is 11.1 Å². The maximum absolute atomic E-state index is 13.6. The van der Waals surface area contributed by atoms with Gasteiger partial charge < -0.3 is 15.2 Å². The van der Waals surface area contributed by atoms with Gasteiger partial charge in [0.15, 0.2) is 21.6 Å². The van der Waals surface area contributed by atoms with Crippen molar-refractivity contribution < 1.29 is 14.3 Å². The Balaban J connectivity index is 1.69. The van der Waals surface area contributed by atoms with Gasteiger partial charge in [0.2, 0.25) is 11.9 Å². The molecule has 0 unspecified atom stereocenters. The summed E-state index contributed by atoms with van der Waals surface area (Å²) in [6.07, 6.45) is 1.02. The van der Waals surface area contributed by atoms with Crippen LogP contribution in [0, 0.1) is 16.7 Å². The van der Waals surface area contributed by atoms with Crippen molar-refractivity contribution >= 4 is 34.0 Å². The number of hydrogen-bond acceptors (Lipinski definition) is 10. The number of carbonyl (C=O) groups is 1. The SMILES string of the molecule is CC(C)Sc1nnc(N2C(N)=C(C#N)[C@H](c3ccc4c(c3)OCO4)C3=C2CC(C)(C)CC3=O)s1. The first-order valence-corrected chi connectivity index (χ1v) is 12.7. The van der Waals surface area contributed by atoms with Crippen LogP contribution in [0.5, 0.6) is 11.5 Å². The van der Waals surface area contributed by atoms with Gasteiger partial charge in [-0.1, -0.05) is 56.9 Å². The molecule has 1 atom stereocenters. The van der Waals surface area contributed by atoms with Crippen LogP contribution in [0.3, 0.4) is 0 Å². The van der Waals surface area contributed by atoms with E-state index in [2.05, 4.69) is 44.0 Å². The molecule has 1 aromatic heterocycles. The fourth-order valence-corrected chi connectivity index (χ4v) is 6.80. The first kappa shape index (κ1) is 22.7. The quantitative estimate of drug-likeness (QED) is 0.602. The third-order valence-corrected chi connectivity index (χ3v) is 8.03. The van der Waals surface area contributed by atoms with Crippen LogP contribution in [-0.4, -0.2) is 28.0 Å². The second-order valence-corrected chi connectivity index (χ2v) is 12.4. The van der Waals surface area contributed by atoms with E-state index in [0.29, 0.717) is 45.9 Å². The van der Waals surface area contributed by atoms with Crippen LogP contribution in [0.1, 0.15) is 52.0 Å². The molecule has 1 aromatic carbocycles. The van der Waals surface area contributed by atoms with E-state index in [0.717, 1.165) is 15.6 Å². The summed E-state index contributed by atoms with van der Waals surface area (Å²) in [7, 11) is 0. The summed E-state index contributed by atoms with van der Waals surface area (Å²) in [5, 5.41) is 19.8. The van der Waals surface area contributed by atoms with E-state index in [1.807, 2.05) is 18.2 Å². The van der Waals surface area contributed by atoms with Gasteiger partial charge >= 0.3 is 0 Å². The summed E-state index contributed by atoms with van der Waals surface area (Å²) in [4.78, 5) is 15.4. The third-order valence-electron chi connectivity index (χ3n) is 6.03. The lowest BCUT2D eigenvalue weighted by Crippen LogP contribution is -2.42. The predicted molar refractivity (Wildman–Crippen MR) is 131 cm³/mol. The Morgan fingerprint density at radius 2 is 2.03 bits per heavy atom. The summed E-state index contributed by atoms with van der Waals surface area (Å²) < 4.78 is 11.8. The Bertz CT molecular complexity index is 1290. The normalized spacial score (nSPS) is 21.2. The van der Waals surface area contributed by atoms with Gasteiger partial charge in [-0.25, -0.2) is 0 Å². The van der Waals surface area contributed by atoms with E-state index in [4.69, 9.17) is 15.2 Å². The summed E-state index contributed by atoms with van der Waals surface area (Å²) in [6.45, 7) is 8.47. The molecule has 2 aromatic rings. The minimum atomic E-state index is -0.577.